The van der Waals surface area contributed by atoms with Crippen LogP contribution in [0.25, 0.3) is 6.08 Å². The van der Waals surface area contributed by atoms with Crippen LogP contribution in [0.2, 0.25) is 0 Å². The van der Waals surface area contributed by atoms with Crippen molar-refractivity contribution in [2.24, 2.45) is 5.92 Å². The van der Waals surface area contributed by atoms with Crippen LogP contribution in [0.3, 0.4) is 0 Å². The van der Waals surface area contributed by atoms with Gasteiger partial charge in [0.25, 0.3) is 0 Å². The van der Waals surface area contributed by atoms with E-state index in [0.717, 1.165) is 24.2 Å². The maximum atomic E-state index is 9.42. The fourth-order valence-electron chi connectivity index (χ4n) is 2.24. The zero-order valence-corrected chi connectivity index (χ0v) is 12.3. The highest BCUT2D eigenvalue weighted by molar-refractivity contribution is 5.68. The molecular formula is C18H15N3O. The Morgan fingerprint density at radius 2 is 1.77 bits per heavy atom. The van der Waals surface area contributed by atoms with Crippen molar-refractivity contribution in [3.05, 3.63) is 46.5 Å². The minimum absolute atomic E-state index is 0.0428. The van der Waals surface area contributed by atoms with E-state index in [1.165, 1.54) is 0 Å². The molecule has 0 saturated heterocycles. The minimum atomic E-state index is 0.0428. The summed E-state index contributed by atoms with van der Waals surface area (Å²) in [5.74, 6) is 0.925. The summed E-state index contributed by atoms with van der Waals surface area (Å²) >= 11 is 0. The number of hydrogen-bond acceptors (Lipinski definition) is 4. The van der Waals surface area contributed by atoms with Gasteiger partial charge in [-0.05, 0) is 49.5 Å². The summed E-state index contributed by atoms with van der Waals surface area (Å²) in [5, 5.41) is 27.6. The summed E-state index contributed by atoms with van der Waals surface area (Å²) in [6, 6.07) is 13.3. The van der Waals surface area contributed by atoms with E-state index >= 15 is 0 Å². The molecule has 0 unspecified atom stereocenters. The normalized spacial score (nSPS) is 13.5. The molecule has 1 aliphatic rings. The molecule has 0 aromatic heterocycles. The van der Waals surface area contributed by atoms with Gasteiger partial charge in [0.15, 0.2) is 0 Å². The third-order valence-electron chi connectivity index (χ3n) is 3.39. The summed E-state index contributed by atoms with van der Waals surface area (Å²) in [7, 11) is 0. The molecule has 1 aromatic carbocycles. The Morgan fingerprint density at radius 1 is 1.14 bits per heavy atom. The van der Waals surface area contributed by atoms with Crippen LogP contribution in [0, 0.1) is 39.9 Å². The molecule has 1 aromatic rings. The number of ether oxygens (including phenoxy) is 1. The van der Waals surface area contributed by atoms with Crippen LogP contribution in [0.1, 0.15) is 25.3 Å². The first-order valence-corrected chi connectivity index (χ1v) is 7.12. The van der Waals surface area contributed by atoms with Crippen molar-refractivity contribution in [2.45, 2.75) is 19.8 Å². The van der Waals surface area contributed by atoms with Gasteiger partial charge in [-0.15, -0.1) is 0 Å². The molecule has 1 saturated carbocycles. The maximum Gasteiger partial charge on any atom is 0.134 e. The Hall–Kier alpha value is -3.03. The van der Waals surface area contributed by atoms with Crippen LogP contribution in [-0.4, -0.2) is 6.61 Å². The monoisotopic (exact) mass is 289 g/mol. The van der Waals surface area contributed by atoms with Gasteiger partial charge in [-0.25, -0.2) is 0 Å². The van der Waals surface area contributed by atoms with Crippen LogP contribution < -0.4 is 4.74 Å². The minimum Gasteiger partial charge on any atom is -0.494 e. The standard InChI is InChI=1S/C18H15N3O/c1-2-22-17-7-3-13(4-8-17)9-15(10-19)18(14-5-6-14)16(11-20)12-21/h3-4,7-9,14H,2,5-6H2,1H3/b15-9+. The molecule has 22 heavy (non-hydrogen) atoms. The second-order valence-corrected chi connectivity index (χ2v) is 4.96. The molecule has 0 atom stereocenters. The molecule has 0 radical (unpaired) electrons. The SMILES string of the molecule is CCOc1ccc(/C=C(\C#N)C(=C(C#N)C#N)C2CC2)cc1. The predicted octanol–water partition coefficient (Wildman–Crippen LogP) is 3.75. The molecule has 0 amide bonds. The average molecular weight is 289 g/mol. The van der Waals surface area contributed by atoms with E-state index < -0.39 is 0 Å². The number of benzene rings is 1. The van der Waals surface area contributed by atoms with Gasteiger partial charge < -0.3 is 4.74 Å². The summed E-state index contributed by atoms with van der Waals surface area (Å²) in [6.07, 6.45) is 3.56. The van der Waals surface area contributed by atoms with E-state index in [9.17, 15) is 5.26 Å². The number of nitrogens with zero attached hydrogens (tertiary/aromatic N) is 3. The van der Waals surface area contributed by atoms with Gasteiger partial charge in [0.2, 0.25) is 0 Å². The molecule has 108 valence electrons. The Kier molecular flexibility index (Phi) is 4.97. The van der Waals surface area contributed by atoms with Crippen LogP contribution in [0.5, 0.6) is 5.75 Å². The number of allylic oxidation sites excluding steroid dienone is 3. The first-order chi connectivity index (χ1) is 10.7. The smallest absolute Gasteiger partial charge is 0.134 e. The Balaban J connectivity index is 2.38. The second kappa shape index (κ2) is 7.11. The molecule has 2 rings (SSSR count). The summed E-state index contributed by atoms with van der Waals surface area (Å²) in [4.78, 5) is 0. The fraction of sp³-hybridized carbons (Fsp3) is 0.278. The van der Waals surface area contributed by atoms with Crippen LogP contribution >= 0.6 is 0 Å². The number of hydrogen-bond donors (Lipinski definition) is 0. The molecule has 0 bridgehead atoms. The number of rotatable bonds is 5. The van der Waals surface area contributed by atoms with Crippen molar-refractivity contribution in [1.29, 1.82) is 15.8 Å². The molecule has 0 aliphatic heterocycles. The lowest BCUT2D eigenvalue weighted by Gasteiger charge is -2.06. The lowest BCUT2D eigenvalue weighted by Crippen LogP contribution is -1.95. The molecule has 4 heteroatoms. The largest absolute Gasteiger partial charge is 0.494 e. The summed E-state index contributed by atoms with van der Waals surface area (Å²) in [5.41, 5.74) is 1.86. The zero-order chi connectivity index (χ0) is 15.9. The Labute approximate surface area is 130 Å². The molecule has 1 aliphatic carbocycles. The van der Waals surface area contributed by atoms with Gasteiger partial charge in [-0.3, -0.25) is 0 Å². The van der Waals surface area contributed by atoms with Crippen molar-refractivity contribution < 1.29 is 4.74 Å². The van der Waals surface area contributed by atoms with Crippen LogP contribution in [0.4, 0.5) is 0 Å². The van der Waals surface area contributed by atoms with E-state index in [-0.39, 0.29) is 11.5 Å². The van der Waals surface area contributed by atoms with Gasteiger partial charge in [0.1, 0.15) is 23.5 Å². The third-order valence-corrected chi connectivity index (χ3v) is 3.39. The summed E-state index contributed by atoms with van der Waals surface area (Å²) < 4.78 is 5.38. The molecular weight excluding hydrogens is 274 g/mol. The van der Waals surface area contributed by atoms with E-state index in [0.29, 0.717) is 17.8 Å². The van der Waals surface area contributed by atoms with Gasteiger partial charge in [0, 0.05) is 5.57 Å². The highest BCUT2D eigenvalue weighted by Gasteiger charge is 2.31. The van der Waals surface area contributed by atoms with Crippen molar-refractivity contribution in [2.75, 3.05) is 6.61 Å². The average Bonchev–Trinajstić information content (AvgIpc) is 3.37. The Bertz CT molecular complexity index is 717. The lowest BCUT2D eigenvalue weighted by atomic mass is 9.95. The second-order valence-electron chi connectivity index (χ2n) is 4.96. The summed E-state index contributed by atoms with van der Waals surface area (Å²) in [6.45, 7) is 2.51. The molecule has 4 nitrogen and oxygen atoms in total. The first kappa shape index (κ1) is 15.4. The van der Waals surface area contributed by atoms with Crippen molar-refractivity contribution >= 4 is 6.08 Å². The highest BCUT2D eigenvalue weighted by Crippen LogP contribution is 2.41. The lowest BCUT2D eigenvalue weighted by molar-refractivity contribution is 0.340. The topological polar surface area (TPSA) is 80.6 Å². The van der Waals surface area contributed by atoms with Crippen LogP contribution in [-0.2, 0) is 0 Å². The van der Waals surface area contributed by atoms with Gasteiger partial charge in [-0.1, -0.05) is 12.1 Å². The van der Waals surface area contributed by atoms with Crippen molar-refractivity contribution in [3.63, 3.8) is 0 Å². The first-order valence-electron chi connectivity index (χ1n) is 7.12. The third kappa shape index (κ3) is 3.54. The van der Waals surface area contributed by atoms with Gasteiger partial charge in [-0.2, -0.15) is 15.8 Å². The van der Waals surface area contributed by atoms with E-state index in [2.05, 4.69) is 6.07 Å². The van der Waals surface area contributed by atoms with E-state index in [1.54, 1.807) is 6.08 Å². The Morgan fingerprint density at radius 3 is 2.23 bits per heavy atom. The highest BCUT2D eigenvalue weighted by atomic mass is 16.5. The van der Waals surface area contributed by atoms with E-state index in [4.69, 9.17) is 15.3 Å². The van der Waals surface area contributed by atoms with E-state index in [1.807, 2.05) is 43.3 Å². The van der Waals surface area contributed by atoms with Gasteiger partial charge in [0.05, 0.1) is 18.2 Å². The maximum absolute atomic E-state index is 9.42. The zero-order valence-electron chi connectivity index (χ0n) is 12.3. The number of nitriles is 3. The fourth-order valence-corrected chi connectivity index (χ4v) is 2.24. The van der Waals surface area contributed by atoms with Crippen molar-refractivity contribution in [3.8, 4) is 24.0 Å². The van der Waals surface area contributed by atoms with Crippen molar-refractivity contribution in [1.82, 2.24) is 0 Å². The molecule has 1 fully saturated rings. The predicted molar refractivity (Wildman–Crippen MR) is 82.2 cm³/mol. The quantitative estimate of drug-likeness (QED) is 0.610. The molecule has 0 N–H and O–H groups in total. The molecule has 0 spiro atoms. The molecule has 0 heterocycles. The van der Waals surface area contributed by atoms with Crippen LogP contribution in [0.15, 0.2) is 41.0 Å². The van der Waals surface area contributed by atoms with Gasteiger partial charge >= 0.3 is 0 Å².